The molecule has 2 atom stereocenters. The summed E-state index contributed by atoms with van der Waals surface area (Å²) < 4.78 is 26.1. The van der Waals surface area contributed by atoms with Crippen molar-refractivity contribution in [1.29, 1.82) is 0 Å². The second-order valence-electron chi connectivity index (χ2n) is 4.65. The normalized spacial score (nSPS) is 19.5. The molecule has 0 radical (unpaired) electrons. The van der Waals surface area contributed by atoms with Crippen LogP contribution in [0.15, 0.2) is 18.2 Å². The topological polar surface area (TPSA) is 0 Å². The summed E-state index contributed by atoms with van der Waals surface area (Å²) in [5.74, 6) is 0.0772. The lowest BCUT2D eigenvalue weighted by Gasteiger charge is -2.17. The van der Waals surface area contributed by atoms with Gasteiger partial charge in [-0.25, -0.2) is 8.78 Å². The van der Waals surface area contributed by atoms with E-state index in [2.05, 4.69) is 6.92 Å². The highest BCUT2D eigenvalue weighted by atomic mass is 35.5. The molecule has 2 unspecified atom stereocenters. The lowest BCUT2D eigenvalue weighted by atomic mass is 9.96. The summed E-state index contributed by atoms with van der Waals surface area (Å²) >= 11 is 6.25. The van der Waals surface area contributed by atoms with Crippen LogP contribution in [0, 0.1) is 23.5 Å². The van der Waals surface area contributed by atoms with Gasteiger partial charge in [-0.15, -0.1) is 11.6 Å². The quantitative estimate of drug-likeness (QED) is 0.698. The number of benzene rings is 1. The molecule has 0 aromatic heterocycles. The largest absolute Gasteiger partial charge is 0.207 e. The molecule has 0 aliphatic heterocycles. The molecule has 2 rings (SSSR count). The van der Waals surface area contributed by atoms with Gasteiger partial charge in [0.15, 0.2) is 0 Å². The monoisotopic (exact) mass is 244 g/mol. The minimum Gasteiger partial charge on any atom is -0.207 e. The molecule has 0 saturated heterocycles. The van der Waals surface area contributed by atoms with Gasteiger partial charge in [0.25, 0.3) is 0 Å². The molecule has 88 valence electrons. The van der Waals surface area contributed by atoms with Crippen LogP contribution in [0.3, 0.4) is 0 Å². The highest BCUT2D eigenvalue weighted by Gasteiger charge is 2.32. The van der Waals surface area contributed by atoms with Gasteiger partial charge in [-0.05, 0) is 42.7 Å². The Morgan fingerprint density at radius 2 is 2.06 bits per heavy atom. The first kappa shape index (κ1) is 11.8. The summed E-state index contributed by atoms with van der Waals surface area (Å²) in [5, 5.41) is -0.0625. The van der Waals surface area contributed by atoms with E-state index >= 15 is 0 Å². The summed E-state index contributed by atoms with van der Waals surface area (Å²) in [6.07, 6.45) is 2.94. The fraction of sp³-hybridized carbons (Fsp3) is 0.538. The van der Waals surface area contributed by atoms with E-state index in [4.69, 9.17) is 11.6 Å². The molecule has 3 heteroatoms. The van der Waals surface area contributed by atoms with Crippen molar-refractivity contribution in [3.8, 4) is 0 Å². The van der Waals surface area contributed by atoms with E-state index in [9.17, 15) is 8.78 Å². The number of rotatable bonds is 4. The van der Waals surface area contributed by atoms with Gasteiger partial charge in [-0.2, -0.15) is 0 Å². The van der Waals surface area contributed by atoms with Crippen molar-refractivity contribution in [2.45, 2.75) is 31.6 Å². The highest BCUT2D eigenvalue weighted by Crippen LogP contribution is 2.40. The highest BCUT2D eigenvalue weighted by molar-refractivity contribution is 6.20. The van der Waals surface area contributed by atoms with E-state index in [0.717, 1.165) is 6.07 Å². The van der Waals surface area contributed by atoms with E-state index in [0.29, 0.717) is 23.8 Å². The van der Waals surface area contributed by atoms with Crippen LogP contribution < -0.4 is 0 Å². The van der Waals surface area contributed by atoms with Crippen LogP contribution in [0.5, 0.6) is 0 Å². The summed E-state index contributed by atoms with van der Waals surface area (Å²) in [5.41, 5.74) is 0.508. The first-order valence-corrected chi connectivity index (χ1v) is 6.09. The van der Waals surface area contributed by atoms with Crippen molar-refractivity contribution in [1.82, 2.24) is 0 Å². The Morgan fingerprint density at radius 1 is 1.38 bits per heavy atom. The van der Waals surface area contributed by atoms with E-state index in [-0.39, 0.29) is 5.38 Å². The summed E-state index contributed by atoms with van der Waals surface area (Å²) in [6.45, 7) is 2.11. The second kappa shape index (κ2) is 4.70. The third-order valence-corrected chi connectivity index (χ3v) is 3.92. The minimum atomic E-state index is -0.539. The maximum atomic E-state index is 13.4. The molecule has 0 nitrogen and oxygen atoms in total. The zero-order valence-corrected chi connectivity index (χ0v) is 9.98. The average Bonchev–Trinajstić information content (AvgIpc) is 3.04. The van der Waals surface area contributed by atoms with Gasteiger partial charge in [0.2, 0.25) is 0 Å². The third-order valence-electron chi connectivity index (χ3n) is 3.37. The molecule has 0 N–H and O–H groups in total. The first-order valence-electron chi connectivity index (χ1n) is 5.66. The molecule has 16 heavy (non-hydrogen) atoms. The average molecular weight is 245 g/mol. The van der Waals surface area contributed by atoms with Crippen molar-refractivity contribution in [2.75, 3.05) is 0 Å². The number of alkyl halides is 1. The fourth-order valence-electron chi connectivity index (χ4n) is 2.00. The van der Waals surface area contributed by atoms with Crippen LogP contribution in [-0.4, -0.2) is 5.38 Å². The first-order chi connectivity index (χ1) is 7.58. The van der Waals surface area contributed by atoms with E-state index in [1.807, 2.05) is 0 Å². The molecule has 1 saturated carbocycles. The molecule has 0 bridgehead atoms. The summed E-state index contributed by atoms with van der Waals surface area (Å²) in [7, 11) is 0. The molecule has 1 fully saturated rings. The van der Waals surface area contributed by atoms with E-state index in [1.165, 1.54) is 25.0 Å². The SMILES string of the molecule is CC(C(Cl)Cc1ccc(F)cc1F)C1CC1. The summed E-state index contributed by atoms with van der Waals surface area (Å²) in [6, 6.07) is 3.68. The van der Waals surface area contributed by atoms with Crippen LogP contribution in [0.2, 0.25) is 0 Å². The van der Waals surface area contributed by atoms with Crippen LogP contribution in [-0.2, 0) is 6.42 Å². The Hall–Kier alpha value is -0.630. The fourth-order valence-corrected chi connectivity index (χ4v) is 2.37. The van der Waals surface area contributed by atoms with Crippen LogP contribution in [0.1, 0.15) is 25.3 Å². The predicted molar refractivity (Wildman–Crippen MR) is 61.6 cm³/mol. The van der Waals surface area contributed by atoms with Crippen LogP contribution in [0.4, 0.5) is 8.78 Å². The van der Waals surface area contributed by atoms with E-state index < -0.39 is 11.6 Å². The van der Waals surface area contributed by atoms with Gasteiger partial charge < -0.3 is 0 Å². The van der Waals surface area contributed by atoms with Crippen molar-refractivity contribution in [2.24, 2.45) is 11.8 Å². The Labute approximate surface area is 99.6 Å². The zero-order valence-electron chi connectivity index (χ0n) is 9.22. The maximum Gasteiger partial charge on any atom is 0.129 e. The molecule has 1 aliphatic rings. The van der Waals surface area contributed by atoms with Gasteiger partial charge in [-0.1, -0.05) is 13.0 Å². The number of hydrogen-bond acceptors (Lipinski definition) is 0. The number of hydrogen-bond donors (Lipinski definition) is 0. The van der Waals surface area contributed by atoms with Gasteiger partial charge in [0.1, 0.15) is 11.6 Å². The minimum absolute atomic E-state index is 0.0625. The van der Waals surface area contributed by atoms with Crippen molar-refractivity contribution >= 4 is 11.6 Å². The molecule has 0 spiro atoms. The maximum absolute atomic E-state index is 13.4. The standard InChI is InChI=1S/C13H15ClF2/c1-8(9-2-3-9)12(14)6-10-4-5-11(15)7-13(10)16/h4-5,7-9,12H,2-3,6H2,1H3. The molecule has 1 aliphatic carbocycles. The molecular formula is C13H15ClF2. The molecular weight excluding hydrogens is 230 g/mol. The van der Waals surface area contributed by atoms with Crippen molar-refractivity contribution in [3.63, 3.8) is 0 Å². The van der Waals surface area contributed by atoms with Gasteiger partial charge >= 0.3 is 0 Å². The Morgan fingerprint density at radius 3 is 2.62 bits per heavy atom. The van der Waals surface area contributed by atoms with Crippen LogP contribution >= 0.6 is 11.6 Å². The molecule has 0 heterocycles. The Kier molecular flexibility index (Phi) is 3.48. The lowest BCUT2D eigenvalue weighted by Crippen LogP contribution is -2.17. The zero-order chi connectivity index (χ0) is 11.7. The molecule has 1 aromatic carbocycles. The van der Waals surface area contributed by atoms with Crippen molar-refractivity contribution in [3.05, 3.63) is 35.4 Å². The van der Waals surface area contributed by atoms with Crippen molar-refractivity contribution < 1.29 is 8.78 Å². The Bertz CT molecular complexity index is 374. The lowest BCUT2D eigenvalue weighted by molar-refractivity contribution is 0.471. The third kappa shape index (κ3) is 2.73. The van der Waals surface area contributed by atoms with Gasteiger partial charge in [0.05, 0.1) is 0 Å². The molecule has 0 amide bonds. The number of halogens is 3. The summed E-state index contributed by atoms with van der Waals surface area (Å²) in [4.78, 5) is 0. The predicted octanol–water partition coefficient (Wildman–Crippen LogP) is 4.16. The van der Waals surface area contributed by atoms with Crippen LogP contribution in [0.25, 0.3) is 0 Å². The second-order valence-corrected chi connectivity index (χ2v) is 5.21. The van der Waals surface area contributed by atoms with Gasteiger partial charge in [-0.3, -0.25) is 0 Å². The van der Waals surface area contributed by atoms with E-state index in [1.54, 1.807) is 0 Å². The van der Waals surface area contributed by atoms with Gasteiger partial charge in [0, 0.05) is 11.4 Å². The molecule has 1 aromatic rings. The Balaban J connectivity index is 2.02. The smallest absolute Gasteiger partial charge is 0.129 e.